The summed E-state index contributed by atoms with van der Waals surface area (Å²) < 4.78 is 0.904. The van der Waals surface area contributed by atoms with Gasteiger partial charge in [-0.05, 0) is 22.0 Å². The van der Waals surface area contributed by atoms with Crippen molar-refractivity contribution >= 4 is 43.5 Å². The van der Waals surface area contributed by atoms with Crippen LogP contribution in [0.2, 0.25) is 0 Å². The maximum atomic E-state index is 10.6. The molecule has 0 saturated heterocycles. The molecule has 0 fully saturated rings. The quantitative estimate of drug-likeness (QED) is 0.812. The number of carboxylic acid groups (broad SMARTS) is 1. The highest BCUT2D eigenvalue weighted by atomic mass is 79.9. The topological polar surface area (TPSA) is 53.1 Å². The molecular weight excluding hydrogens is 242 g/mol. The zero-order valence-electron chi connectivity index (χ0n) is 5.80. The lowest BCUT2D eigenvalue weighted by atomic mass is 10.4. The van der Waals surface area contributed by atoms with Gasteiger partial charge in [-0.2, -0.15) is 0 Å². The smallest absolute Gasteiger partial charge is 0.345 e. The summed E-state index contributed by atoms with van der Waals surface area (Å²) in [6, 6.07) is 1.66. The minimum absolute atomic E-state index is 0.359. The van der Waals surface area contributed by atoms with E-state index in [1.165, 1.54) is 11.3 Å². The molecule has 0 atom stereocenters. The van der Waals surface area contributed by atoms with Gasteiger partial charge in [-0.3, -0.25) is 0 Å². The van der Waals surface area contributed by atoms with E-state index in [9.17, 15) is 4.79 Å². The first-order chi connectivity index (χ1) is 5.68. The maximum Gasteiger partial charge on any atom is 0.345 e. The molecule has 0 aromatic carbocycles. The van der Waals surface area contributed by atoms with E-state index >= 15 is 0 Å². The van der Waals surface area contributed by atoms with Crippen LogP contribution in [0.15, 0.2) is 16.7 Å². The Hall–Kier alpha value is -0.810. The van der Waals surface area contributed by atoms with E-state index in [2.05, 4.69) is 20.9 Å². The van der Waals surface area contributed by atoms with Crippen LogP contribution in [0, 0.1) is 0 Å². The molecule has 0 aliphatic heterocycles. The van der Waals surface area contributed by atoms with Crippen molar-refractivity contribution in [3.63, 3.8) is 0 Å². The maximum absolute atomic E-state index is 10.6. The lowest BCUT2D eigenvalue weighted by Crippen LogP contribution is -1.89. The zero-order chi connectivity index (χ0) is 8.72. The molecule has 2 aromatic rings. The van der Waals surface area contributed by atoms with Gasteiger partial charge in [0.2, 0.25) is 0 Å². The Kier molecular flexibility index (Phi) is 1.69. The van der Waals surface area contributed by atoms with Gasteiger partial charge in [0, 0.05) is 16.1 Å². The minimum atomic E-state index is -0.878. The third-order valence-corrected chi connectivity index (χ3v) is 3.24. The Balaban J connectivity index is 2.70. The number of carboxylic acids is 1. The fourth-order valence-electron chi connectivity index (χ4n) is 0.988. The Bertz CT molecular complexity index is 445. The molecule has 62 valence electrons. The van der Waals surface area contributed by atoms with Gasteiger partial charge in [0.15, 0.2) is 0 Å². The molecule has 0 saturated carbocycles. The number of aromatic nitrogens is 1. The van der Waals surface area contributed by atoms with Crippen LogP contribution in [0.3, 0.4) is 0 Å². The Morgan fingerprint density at radius 3 is 3.00 bits per heavy atom. The summed E-state index contributed by atoms with van der Waals surface area (Å²) >= 11 is 4.55. The van der Waals surface area contributed by atoms with Crippen molar-refractivity contribution in [1.29, 1.82) is 0 Å². The van der Waals surface area contributed by atoms with Gasteiger partial charge < -0.3 is 10.1 Å². The van der Waals surface area contributed by atoms with Gasteiger partial charge >= 0.3 is 5.97 Å². The van der Waals surface area contributed by atoms with Gasteiger partial charge in [0.1, 0.15) is 9.71 Å². The van der Waals surface area contributed by atoms with Crippen LogP contribution in [0.25, 0.3) is 10.2 Å². The summed E-state index contributed by atoms with van der Waals surface area (Å²) in [5.41, 5.74) is 0. The molecule has 2 rings (SSSR count). The summed E-state index contributed by atoms with van der Waals surface area (Å²) in [7, 11) is 0. The van der Waals surface area contributed by atoms with Crippen molar-refractivity contribution in [2.45, 2.75) is 0 Å². The zero-order valence-corrected chi connectivity index (χ0v) is 8.20. The molecule has 0 aliphatic carbocycles. The fourth-order valence-corrected chi connectivity index (χ4v) is 2.43. The molecule has 0 unspecified atom stereocenters. The molecule has 2 aromatic heterocycles. The number of hydrogen-bond donors (Lipinski definition) is 2. The van der Waals surface area contributed by atoms with Crippen molar-refractivity contribution in [2.24, 2.45) is 0 Å². The summed E-state index contributed by atoms with van der Waals surface area (Å²) in [6.45, 7) is 0. The minimum Gasteiger partial charge on any atom is -0.477 e. The second-order valence-electron chi connectivity index (χ2n) is 2.30. The second kappa shape index (κ2) is 2.60. The number of aromatic carboxylic acids is 1. The van der Waals surface area contributed by atoms with Gasteiger partial charge in [0.25, 0.3) is 0 Å². The van der Waals surface area contributed by atoms with E-state index in [0.29, 0.717) is 4.88 Å². The van der Waals surface area contributed by atoms with E-state index in [0.717, 1.165) is 14.7 Å². The predicted octanol–water partition coefficient (Wildman–Crippen LogP) is 2.69. The van der Waals surface area contributed by atoms with Gasteiger partial charge in [-0.15, -0.1) is 11.3 Å². The number of rotatable bonds is 1. The van der Waals surface area contributed by atoms with Crippen molar-refractivity contribution in [2.75, 3.05) is 0 Å². The molecule has 5 heteroatoms. The molecule has 2 N–H and O–H groups in total. The largest absolute Gasteiger partial charge is 0.477 e. The molecule has 12 heavy (non-hydrogen) atoms. The van der Waals surface area contributed by atoms with E-state index in [1.807, 2.05) is 0 Å². The highest BCUT2D eigenvalue weighted by Crippen LogP contribution is 2.30. The lowest BCUT2D eigenvalue weighted by Gasteiger charge is -1.81. The van der Waals surface area contributed by atoms with Crippen LogP contribution in [0.1, 0.15) is 9.67 Å². The number of thiophene rings is 1. The molecule has 0 aliphatic rings. The normalized spacial score (nSPS) is 10.8. The number of fused-ring (bicyclic) bond motifs is 1. The number of halogens is 1. The number of aromatic amines is 1. The van der Waals surface area contributed by atoms with Gasteiger partial charge in [-0.1, -0.05) is 0 Å². The molecular formula is C7H4BrNO2S. The standard InChI is InChI=1S/C7H4BrNO2S/c8-4-2-9-6-3(4)1-5(12-6)7(10)11/h1-2,9H,(H,10,11). The first-order valence-corrected chi connectivity index (χ1v) is 4.79. The summed E-state index contributed by atoms with van der Waals surface area (Å²) in [5, 5.41) is 9.60. The van der Waals surface area contributed by atoms with Gasteiger partial charge in [0.05, 0.1) is 0 Å². The predicted molar refractivity (Wildman–Crippen MR) is 50.8 cm³/mol. The van der Waals surface area contributed by atoms with Crippen LogP contribution in [-0.4, -0.2) is 16.1 Å². The number of nitrogens with one attached hydrogen (secondary N) is 1. The summed E-state index contributed by atoms with van der Waals surface area (Å²) in [4.78, 5) is 14.8. The average molecular weight is 246 g/mol. The van der Waals surface area contributed by atoms with Crippen LogP contribution in [0.4, 0.5) is 0 Å². The van der Waals surface area contributed by atoms with Crippen LogP contribution >= 0.6 is 27.3 Å². The first kappa shape index (κ1) is 7.82. The van der Waals surface area contributed by atoms with E-state index in [1.54, 1.807) is 12.3 Å². The molecule has 0 bridgehead atoms. The molecule has 0 radical (unpaired) electrons. The van der Waals surface area contributed by atoms with Crippen molar-refractivity contribution in [3.05, 3.63) is 21.6 Å². The van der Waals surface area contributed by atoms with Crippen LogP contribution < -0.4 is 0 Å². The lowest BCUT2D eigenvalue weighted by molar-refractivity contribution is 0.0702. The SMILES string of the molecule is O=C(O)c1cc2c(Br)c[nH]c2s1. The second-order valence-corrected chi connectivity index (χ2v) is 4.20. The molecule has 3 nitrogen and oxygen atoms in total. The van der Waals surface area contributed by atoms with Crippen molar-refractivity contribution < 1.29 is 9.90 Å². The third-order valence-electron chi connectivity index (χ3n) is 1.53. The van der Waals surface area contributed by atoms with Crippen LogP contribution in [0.5, 0.6) is 0 Å². The molecule has 0 spiro atoms. The monoisotopic (exact) mass is 245 g/mol. The Labute approximate surface area is 80.2 Å². The highest BCUT2D eigenvalue weighted by molar-refractivity contribution is 9.10. The van der Waals surface area contributed by atoms with E-state index in [4.69, 9.17) is 5.11 Å². The summed E-state index contributed by atoms with van der Waals surface area (Å²) in [5.74, 6) is -0.878. The summed E-state index contributed by atoms with van der Waals surface area (Å²) in [6.07, 6.45) is 1.80. The van der Waals surface area contributed by atoms with E-state index in [-0.39, 0.29) is 0 Å². The first-order valence-electron chi connectivity index (χ1n) is 3.18. The molecule has 0 amide bonds. The number of hydrogen-bond acceptors (Lipinski definition) is 2. The average Bonchev–Trinajstić information content (AvgIpc) is 2.53. The van der Waals surface area contributed by atoms with Crippen LogP contribution in [-0.2, 0) is 0 Å². The number of H-pyrrole nitrogens is 1. The van der Waals surface area contributed by atoms with Crippen molar-refractivity contribution in [3.8, 4) is 0 Å². The fraction of sp³-hybridized carbons (Fsp3) is 0. The Morgan fingerprint density at radius 1 is 1.67 bits per heavy atom. The van der Waals surface area contributed by atoms with Crippen molar-refractivity contribution in [1.82, 2.24) is 4.98 Å². The van der Waals surface area contributed by atoms with Gasteiger partial charge in [-0.25, -0.2) is 4.79 Å². The molecule has 2 heterocycles. The third kappa shape index (κ3) is 1.05. The Morgan fingerprint density at radius 2 is 2.42 bits per heavy atom. The van der Waals surface area contributed by atoms with E-state index < -0.39 is 5.97 Å². The highest BCUT2D eigenvalue weighted by Gasteiger charge is 2.10. The number of carbonyl (C=O) groups is 1.